The number of rotatable bonds is 30. The second-order valence-corrected chi connectivity index (χ2v) is 31.6. The molecular formula is C74H103BrO19P2Si. The highest BCUT2D eigenvalue weighted by Gasteiger charge is 2.37. The highest BCUT2D eigenvalue weighted by atomic mass is 79.9. The van der Waals surface area contributed by atoms with E-state index in [0.717, 1.165) is 73.7 Å². The van der Waals surface area contributed by atoms with E-state index in [9.17, 15) is 19.0 Å². The predicted octanol–water partition coefficient (Wildman–Crippen LogP) is 18.1. The van der Waals surface area contributed by atoms with Crippen molar-refractivity contribution in [3.8, 4) is 51.7 Å². The molecule has 23 heteroatoms. The van der Waals surface area contributed by atoms with Gasteiger partial charge >= 0.3 is 15.2 Å². The molecule has 0 aromatic heterocycles. The van der Waals surface area contributed by atoms with Crippen LogP contribution in [0.25, 0.3) is 12.2 Å². The lowest BCUT2D eigenvalue weighted by atomic mass is 10.1. The summed E-state index contributed by atoms with van der Waals surface area (Å²) in [6.07, 6.45) is 5.32. The topological polar surface area (TPSA) is 221 Å². The van der Waals surface area contributed by atoms with E-state index in [-0.39, 0.29) is 18.3 Å². The summed E-state index contributed by atoms with van der Waals surface area (Å²) < 4.78 is 98.3. The van der Waals surface area contributed by atoms with E-state index >= 15 is 0 Å². The molecule has 0 unspecified atom stereocenters. The quantitative estimate of drug-likeness (QED) is 0.0140. The summed E-state index contributed by atoms with van der Waals surface area (Å²) >= 11 is 3.36. The van der Waals surface area contributed by atoms with Gasteiger partial charge in [0.25, 0.3) is 0 Å². The summed E-state index contributed by atoms with van der Waals surface area (Å²) in [5.41, 5.74) is 8.00. The molecule has 0 aliphatic heterocycles. The monoisotopic (exact) mass is 1460 g/mol. The van der Waals surface area contributed by atoms with Gasteiger partial charge in [-0.1, -0.05) is 110 Å². The van der Waals surface area contributed by atoms with E-state index in [1.54, 1.807) is 104 Å². The van der Waals surface area contributed by atoms with Crippen molar-refractivity contribution in [2.75, 3.05) is 90.4 Å². The molecule has 97 heavy (non-hydrogen) atoms. The summed E-state index contributed by atoms with van der Waals surface area (Å²) in [6, 6.07) is 45.0. The number of carbonyl (C=O) groups excluding carboxylic acids is 1. The Morgan fingerprint density at radius 3 is 0.990 bits per heavy atom. The number of alkyl halides is 1. The molecule has 19 nitrogen and oxygen atoms in total. The maximum absolute atomic E-state index is 12.3. The number of methoxy groups -OCH3 is 9. The molecule has 0 aliphatic rings. The number of carbonyl (C=O) groups is 1. The van der Waals surface area contributed by atoms with Gasteiger partial charge in [0.1, 0.15) is 58.0 Å². The molecule has 0 saturated carbocycles. The Balaban J connectivity index is 0.000000404. The van der Waals surface area contributed by atoms with E-state index in [1.165, 1.54) is 5.56 Å². The third kappa shape index (κ3) is 31.2. The van der Waals surface area contributed by atoms with Crippen molar-refractivity contribution in [2.45, 2.75) is 104 Å². The first-order valence-corrected chi connectivity index (χ1v) is 38.8. The SMILES string of the molecule is CCOP(=O)(Cc1ccc(OC)cc1)OCC.CCOP(=O)(Cc1ccc(OC)cc1)OCC.COc1cc(C=O)cc(OC)c1CO[Si](C)(C)C(C)(C)C.COc1ccc(/C=C/c2cc(OC)c(CO)c(OC)c2)cc1.COc1ccc(CBr)cc1.COc1ccc(CO)cc1. The van der Waals surface area contributed by atoms with E-state index in [4.69, 9.17) is 70.3 Å². The maximum Gasteiger partial charge on any atom is 0.335 e. The minimum atomic E-state index is -3.01. The molecule has 7 aromatic carbocycles. The van der Waals surface area contributed by atoms with Crippen LogP contribution in [0, 0.1) is 0 Å². The van der Waals surface area contributed by atoms with E-state index < -0.39 is 23.5 Å². The van der Waals surface area contributed by atoms with Gasteiger partial charge in [0.2, 0.25) is 0 Å². The molecule has 0 radical (unpaired) electrons. The van der Waals surface area contributed by atoms with Crippen LogP contribution in [0.15, 0.2) is 146 Å². The Morgan fingerprint density at radius 2 is 0.711 bits per heavy atom. The zero-order valence-corrected chi connectivity index (χ0v) is 64.1. The van der Waals surface area contributed by atoms with Gasteiger partial charge < -0.3 is 75.4 Å². The highest BCUT2D eigenvalue weighted by Crippen LogP contribution is 2.52. The Morgan fingerprint density at radius 1 is 0.412 bits per heavy atom. The Bertz CT molecular complexity index is 3200. The van der Waals surface area contributed by atoms with Crippen molar-refractivity contribution >= 4 is 57.9 Å². The van der Waals surface area contributed by atoms with Gasteiger partial charge in [0.05, 0.1) is 134 Å². The fraction of sp³-hybridized carbons (Fsp3) is 0.392. The first kappa shape index (κ1) is 86.1. The van der Waals surface area contributed by atoms with Crippen molar-refractivity contribution in [2.24, 2.45) is 0 Å². The maximum atomic E-state index is 12.3. The molecular weight excluding hydrogens is 1360 g/mol. The van der Waals surface area contributed by atoms with Crippen LogP contribution in [0.1, 0.15) is 103 Å². The van der Waals surface area contributed by atoms with Crippen LogP contribution in [-0.4, -0.2) is 115 Å². The molecule has 0 heterocycles. The molecule has 7 aromatic rings. The third-order valence-electron chi connectivity index (χ3n) is 14.6. The molecule has 2 N–H and O–H groups in total. The van der Waals surface area contributed by atoms with E-state index in [0.29, 0.717) is 79.5 Å². The van der Waals surface area contributed by atoms with Gasteiger partial charge in [0.15, 0.2) is 8.32 Å². The van der Waals surface area contributed by atoms with Crippen molar-refractivity contribution in [1.29, 1.82) is 0 Å². The van der Waals surface area contributed by atoms with Gasteiger partial charge in [-0.15, -0.1) is 0 Å². The number of aliphatic hydroxyl groups is 2. The molecule has 7 rings (SSSR count). The van der Waals surface area contributed by atoms with Crippen LogP contribution in [0.4, 0.5) is 0 Å². The smallest absolute Gasteiger partial charge is 0.335 e. The largest absolute Gasteiger partial charge is 0.497 e. The van der Waals surface area contributed by atoms with Gasteiger partial charge in [-0.25, -0.2) is 0 Å². The molecule has 0 bridgehead atoms. The Kier molecular flexibility index (Phi) is 41.1. The van der Waals surface area contributed by atoms with Crippen LogP contribution < -0.4 is 42.6 Å². The van der Waals surface area contributed by atoms with Crippen LogP contribution in [0.5, 0.6) is 51.7 Å². The number of benzene rings is 7. The second kappa shape index (κ2) is 46.3. The summed E-state index contributed by atoms with van der Waals surface area (Å²) in [7, 11) is 6.60. The fourth-order valence-corrected chi connectivity index (χ4v) is 13.0. The lowest BCUT2D eigenvalue weighted by molar-refractivity contribution is 0.112. The minimum absolute atomic E-state index is 0.0873. The normalized spacial score (nSPS) is 11.0. The number of ether oxygens (including phenoxy) is 9. The third-order valence-corrected chi connectivity index (χ3v) is 23.8. The molecule has 0 fully saturated rings. The number of hydrogen-bond acceptors (Lipinski definition) is 19. The standard InChI is InChI=1S/C18H20O4.C16H26O4Si.2C12H19O4P.C8H9BrO.C8H10O2/c1-20-15-8-6-13(7-9-15)4-5-14-10-17(21-2)16(12-19)18(11-14)22-3;1-16(2,3)21(6,7)20-11-13-14(18-4)8-12(10-17)9-15(13)19-5;2*1-4-15-17(13,16-5-2)10-11-6-8-12(14-3)9-7-11;2*1-10-8-4-2-7(6-9)3-5-8/h4-11,19H,12H2,1-3H3;8-10H,11H2,1-7H3;2*6-9H,4-5,10H2,1-3H3;2-5H,6H2,1H3;2-5,9H,6H2,1H3/b5-4+;;;;;. The fourth-order valence-electron chi connectivity index (χ4n) is 8.25. The van der Waals surface area contributed by atoms with Crippen LogP contribution in [0.3, 0.4) is 0 Å². The van der Waals surface area contributed by atoms with Gasteiger partial charge in [-0.2, -0.15) is 0 Å². The lowest BCUT2D eigenvalue weighted by Crippen LogP contribution is -2.40. The number of halogens is 1. The average Bonchev–Trinajstić information content (AvgIpc) is 0.841. The molecule has 0 aliphatic carbocycles. The summed E-state index contributed by atoms with van der Waals surface area (Å²) in [6.45, 7) is 20.1. The zero-order valence-electron chi connectivity index (χ0n) is 59.8. The summed E-state index contributed by atoms with van der Waals surface area (Å²) in [5.74, 6) is 6.56. The minimum Gasteiger partial charge on any atom is -0.497 e. The number of aliphatic hydroxyl groups excluding tert-OH is 2. The first-order chi connectivity index (χ1) is 46.4. The van der Waals surface area contributed by atoms with Gasteiger partial charge in [0, 0.05) is 10.9 Å². The molecule has 0 saturated heterocycles. The van der Waals surface area contributed by atoms with Crippen molar-refractivity contribution in [1.82, 2.24) is 0 Å². The van der Waals surface area contributed by atoms with Crippen LogP contribution >= 0.6 is 31.1 Å². The van der Waals surface area contributed by atoms with Gasteiger partial charge in [-0.05, 0) is 164 Å². The second-order valence-electron chi connectivity index (χ2n) is 22.1. The molecule has 0 spiro atoms. The Hall–Kier alpha value is -6.97. The van der Waals surface area contributed by atoms with Crippen molar-refractivity contribution in [3.05, 3.63) is 196 Å². The molecule has 534 valence electrons. The van der Waals surface area contributed by atoms with Crippen LogP contribution in [0.2, 0.25) is 18.1 Å². The summed E-state index contributed by atoms with van der Waals surface area (Å²) in [5, 5.41) is 19.1. The highest BCUT2D eigenvalue weighted by molar-refractivity contribution is 9.08. The average molecular weight is 1470 g/mol. The van der Waals surface area contributed by atoms with Gasteiger partial charge in [-0.3, -0.25) is 13.9 Å². The van der Waals surface area contributed by atoms with Crippen molar-refractivity contribution in [3.63, 3.8) is 0 Å². The summed E-state index contributed by atoms with van der Waals surface area (Å²) in [4.78, 5) is 11.0. The van der Waals surface area contributed by atoms with Crippen LogP contribution in [-0.2, 0) is 69.1 Å². The number of aldehydes is 1. The van der Waals surface area contributed by atoms with E-state index in [2.05, 4.69) is 49.8 Å². The van der Waals surface area contributed by atoms with E-state index in [1.807, 2.05) is 146 Å². The first-order valence-electron chi connectivity index (χ1n) is 31.3. The Labute approximate surface area is 585 Å². The molecule has 0 atom stereocenters. The zero-order chi connectivity index (χ0) is 72.5. The van der Waals surface area contributed by atoms with Crippen molar-refractivity contribution < 1.29 is 89.3 Å². The lowest BCUT2D eigenvalue weighted by Gasteiger charge is -2.36. The molecule has 0 amide bonds. The predicted molar refractivity (Wildman–Crippen MR) is 394 cm³/mol. The number of hydrogen-bond donors (Lipinski definition) is 2.